The molecular formula is C23H36N4O2. The van der Waals surface area contributed by atoms with Crippen molar-refractivity contribution in [3.8, 4) is 0 Å². The van der Waals surface area contributed by atoms with Crippen LogP contribution in [0.15, 0.2) is 29.3 Å². The molecule has 1 unspecified atom stereocenters. The summed E-state index contributed by atoms with van der Waals surface area (Å²) in [5.41, 5.74) is 1.74. The first-order valence-electron chi connectivity index (χ1n) is 11.2. The molecule has 0 radical (unpaired) electrons. The van der Waals surface area contributed by atoms with E-state index in [1.807, 2.05) is 24.3 Å². The van der Waals surface area contributed by atoms with Crippen LogP contribution in [-0.4, -0.2) is 44.7 Å². The summed E-state index contributed by atoms with van der Waals surface area (Å²) < 4.78 is 5.56. The molecule has 160 valence electrons. The first-order chi connectivity index (χ1) is 14.2. The van der Waals surface area contributed by atoms with Gasteiger partial charge in [0, 0.05) is 38.9 Å². The van der Waals surface area contributed by atoms with E-state index in [0.29, 0.717) is 18.7 Å². The third-order valence-corrected chi connectivity index (χ3v) is 5.94. The number of carbonyl (C=O) groups is 1. The van der Waals surface area contributed by atoms with E-state index in [9.17, 15) is 4.79 Å². The number of nitrogens with zero attached hydrogens (tertiary/aromatic N) is 1. The maximum Gasteiger partial charge on any atom is 0.251 e. The summed E-state index contributed by atoms with van der Waals surface area (Å²) in [6, 6.07) is 7.74. The van der Waals surface area contributed by atoms with Gasteiger partial charge < -0.3 is 20.7 Å². The fourth-order valence-corrected chi connectivity index (χ4v) is 4.24. The lowest BCUT2D eigenvalue weighted by Crippen LogP contribution is -2.37. The normalized spacial score (nSPS) is 20.0. The minimum Gasteiger partial charge on any atom is -0.376 e. The predicted molar refractivity (Wildman–Crippen MR) is 117 cm³/mol. The monoisotopic (exact) mass is 400 g/mol. The van der Waals surface area contributed by atoms with Crippen LogP contribution in [0.25, 0.3) is 0 Å². The molecule has 29 heavy (non-hydrogen) atoms. The molecular weight excluding hydrogens is 364 g/mol. The number of carbonyl (C=O) groups excluding carboxylic acids is 1. The third-order valence-electron chi connectivity index (χ3n) is 5.94. The van der Waals surface area contributed by atoms with Gasteiger partial charge in [-0.15, -0.1) is 0 Å². The number of ether oxygens (including phenoxy) is 1. The average Bonchev–Trinajstić information content (AvgIpc) is 3.46. The zero-order valence-corrected chi connectivity index (χ0v) is 17.7. The number of amides is 1. The third kappa shape index (κ3) is 7.35. The van der Waals surface area contributed by atoms with Crippen molar-refractivity contribution in [2.75, 3.05) is 26.7 Å². The minimum absolute atomic E-state index is 0.0447. The first-order valence-corrected chi connectivity index (χ1v) is 11.2. The Morgan fingerprint density at radius 1 is 1.14 bits per heavy atom. The van der Waals surface area contributed by atoms with E-state index in [-0.39, 0.29) is 12.0 Å². The maximum atomic E-state index is 12.4. The van der Waals surface area contributed by atoms with Gasteiger partial charge >= 0.3 is 0 Å². The number of rotatable bonds is 9. The van der Waals surface area contributed by atoms with Crippen LogP contribution in [0.1, 0.15) is 67.3 Å². The summed E-state index contributed by atoms with van der Waals surface area (Å²) in [7, 11) is 1.79. The molecule has 1 aromatic carbocycles. The van der Waals surface area contributed by atoms with E-state index in [4.69, 9.17) is 4.74 Å². The quantitative estimate of drug-likeness (QED) is 0.338. The smallest absolute Gasteiger partial charge is 0.251 e. The lowest BCUT2D eigenvalue weighted by atomic mass is 10.0. The van der Waals surface area contributed by atoms with E-state index in [0.717, 1.165) is 43.4 Å². The number of hydrogen-bond donors (Lipinski definition) is 3. The second-order valence-electron chi connectivity index (χ2n) is 8.19. The molecule has 0 spiro atoms. The molecule has 1 atom stereocenters. The number of aliphatic imine (C=N–C) groups is 1. The average molecular weight is 401 g/mol. The van der Waals surface area contributed by atoms with Gasteiger partial charge in [0.2, 0.25) is 0 Å². The number of guanidine groups is 1. The molecule has 1 saturated heterocycles. The Morgan fingerprint density at radius 2 is 2.00 bits per heavy atom. The lowest BCUT2D eigenvalue weighted by molar-refractivity contribution is 0.0857. The fraction of sp³-hybridized carbons (Fsp3) is 0.652. The Balaban J connectivity index is 1.38. The Labute approximate surface area is 174 Å². The van der Waals surface area contributed by atoms with Crippen LogP contribution >= 0.6 is 0 Å². The van der Waals surface area contributed by atoms with Crippen LogP contribution in [-0.2, 0) is 11.3 Å². The van der Waals surface area contributed by atoms with Crippen molar-refractivity contribution in [2.45, 2.75) is 64.0 Å². The molecule has 0 aromatic heterocycles. The van der Waals surface area contributed by atoms with E-state index in [2.05, 4.69) is 20.9 Å². The van der Waals surface area contributed by atoms with Crippen molar-refractivity contribution in [2.24, 2.45) is 10.9 Å². The van der Waals surface area contributed by atoms with Gasteiger partial charge in [-0.1, -0.05) is 37.8 Å². The first kappa shape index (κ1) is 21.6. The standard InChI is InChI=1S/C23H36N4O2/c1-24-23(25-13-5-10-18-7-2-3-8-18)27-16-19-9-4-11-20(15-19)22(28)26-17-21-12-6-14-29-21/h4,9,11,15,18,21H,2-3,5-8,10,12-14,16-17H2,1H3,(H,26,28)(H2,24,25,27). The van der Waals surface area contributed by atoms with Crippen molar-refractivity contribution < 1.29 is 9.53 Å². The Hall–Kier alpha value is -2.08. The van der Waals surface area contributed by atoms with E-state index in [1.54, 1.807) is 7.05 Å². The van der Waals surface area contributed by atoms with Crippen molar-refractivity contribution >= 4 is 11.9 Å². The number of nitrogens with one attached hydrogen (secondary N) is 3. The SMILES string of the molecule is CN=C(NCCCC1CCCC1)NCc1cccc(C(=O)NCC2CCCO2)c1. The van der Waals surface area contributed by atoms with Gasteiger partial charge in [-0.25, -0.2) is 0 Å². The van der Waals surface area contributed by atoms with Gasteiger partial charge in [0.1, 0.15) is 0 Å². The maximum absolute atomic E-state index is 12.4. The van der Waals surface area contributed by atoms with E-state index < -0.39 is 0 Å². The number of hydrogen-bond acceptors (Lipinski definition) is 3. The van der Waals surface area contributed by atoms with Crippen LogP contribution < -0.4 is 16.0 Å². The van der Waals surface area contributed by atoms with Crippen LogP contribution in [0.2, 0.25) is 0 Å². The van der Waals surface area contributed by atoms with Gasteiger partial charge in [-0.05, 0) is 49.3 Å². The second-order valence-corrected chi connectivity index (χ2v) is 8.19. The molecule has 1 aliphatic heterocycles. The van der Waals surface area contributed by atoms with E-state index in [1.165, 1.54) is 38.5 Å². The summed E-state index contributed by atoms with van der Waals surface area (Å²) in [5.74, 6) is 1.70. The molecule has 1 aliphatic carbocycles. The van der Waals surface area contributed by atoms with Crippen molar-refractivity contribution in [3.63, 3.8) is 0 Å². The lowest BCUT2D eigenvalue weighted by Gasteiger charge is -2.14. The topological polar surface area (TPSA) is 74.8 Å². The van der Waals surface area contributed by atoms with Gasteiger partial charge in [0.15, 0.2) is 5.96 Å². The molecule has 0 bridgehead atoms. The molecule has 1 amide bonds. The van der Waals surface area contributed by atoms with Gasteiger partial charge in [-0.2, -0.15) is 0 Å². The zero-order valence-electron chi connectivity index (χ0n) is 17.7. The summed E-state index contributed by atoms with van der Waals surface area (Å²) in [6.07, 6.45) is 10.4. The summed E-state index contributed by atoms with van der Waals surface area (Å²) in [4.78, 5) is 16.7. The van der Waals surface area contributed by atoms with Crippen LogP contribution in [0.4, 0.5) is 0 Å². The van der Waals surface area contributed by atoms with Gasteiger partial charge in [-0.3, -0.25) is 9.79 Å². The Morgan fingerprint density at radius 3 is 2.76 bits per heavy atom. The molecule has 6 nitrogen and oxygen atoms in total. The van der Waals surface area contributed by atoms with Crippen LogP contribution in [0.3, 0.4) is 0 Å². The Bertz CT molecular complexity index is 665. The highest BCUT2D eigenvalue weighted by molar-refractivity contribution is 5.94. The molecule has 1 saturated carbocycles. The summed E-state index contributed by atoms with van der Waals surface area (Å²) in [5, 5.41) is 9.72. The fourth-order valence-electron chi connectivity index (χ4n) is 4.24. The highest BCUT2D eigenvalue weighted by atomic mass is 16.5. The molecule has 3 N–H and O–H groups in total. The second kappa shape index (κ2) is 11.8. The summed E-state index contributed by atoms with van der Waals surface area (Å²) >= 11 is 0. The van der Waals surface area contributed by atoms with Crippen molar-refractivity contribution in [3.05, 3.63) is 35.4 Å². The van der Waals surface area contributed by atoms with Crippen molar-refractivity contribution in [1.29, 1.82) is 0 Å². The highest BCUT2D eigenvalue weighted by Crippen LogP contribution is 2.28. The molecule has 2 fully saturated rings. The molecule has 1 heterocycles. The van der Waals surface area contributed by atoms with Gasteiger partial charge in [0.05, 0.1) is 6.10 Å². The molecule has 3 rings (SSSR count). The molecule has 1 aromatic rings. The predicted octanol–water partition coefficient (Wildman–Crippen LogP) is 3.23. The number of benzene rings is 1. The summed E-state index contributed by atoms with van der Waals surface area (Å²) in [6.45, 7) is 2.97. The van der Waals surface area contributed by atoms with E-state index >= 15 is 0 Å². The van der Waals surface area contributed by atoms with Crippen LogP contribution in [0, 0.1) is 5.92 Å². The van der Waals surface area contributed by atoms with Gasteiger partial charge in [0.25, 0.3) is 5.91 Å². The van der Waals surface area contributed by atoms with Crippen molar-refractivity contribution in [1.82, 2.24) is 16.0 Å². The molecule has 2 aliphatic rings. The largest absolute Gasteiger partial charge is 0.376 e. The van der Waals surface area contributed by atoms with Crippen LogP contribution in [0.5, 0.6) is 0 Å². The Kier molecular flexibility index (Phi) is 8.81. The minimum atomic E-state index is -0.0447. The highest BCUT2D eigenvalue weighted by Gasteiger charge is 2.17. The zero-order chi connectivity index (χ0) is 20.3. The molecule has 6 heteroatoms.